The molecule has 0 aromatic carbocycles. The average molecular weight is 229 g/mol. The first-order valence-electron chi connectivity index (χ1n) is 5.94. The molecule has 4 nitrogen and oxygen atoms in total. The van der Waals surface area contributed by atoms with Gasteiger partial charge in [0, 0.05) is 24.2 Å². The lowest BCUT2D eigenvalue weighted by molar-refractivity contribution is 0.546. The predicted molar refractivity (Wildman–Crippen MR) is 66.5 cm³/mol. The standard InChI is InChI=1S/C13H15N3O/c17-13-7-6-10-11(14-13)4-3-5-12(10)15-16-8-1-2-9-16/h1-2,6-9,12,15H,3-5H2,(H,14,17). The third-order valence-electron chi connectivity index (χ3n) is 3.24. The summed E-state index contributed by atoms with van der Waals surface area (Å²) in [7, 11) is 0. The van der Waals surface area contributed by atoms with E-state index in [0.717, 1.165) is 25.0 Å². The molecule has 17 heavy (non-hydrogen) atoms. The van der Waals surface area contributed by atoms with Crippen molar-refractivity contribution in [1.29, 1.82) is 0 Å². The summed E-state index contributed by atoms with van der Waals surface area (Å²) in [6.07, 6.45) is 7.14. The van der Waals surface area contributed by atoms with Crippen LogP contribution in [-0.2, 0) is 6.42 Å². The molecule has 0 saturated carbocycles. The summed E-state index contributed by atoms with van der Waals surface area (Å²) in [6, 6.07) is 7.80. The number of nitrogens with zero attached hydrogens (tertiary/aromatic N) is 1. The maximum Gasteiger partial charge on any atom is 0.248 e. The minimum absolute atomic E-state index is 0.00892. The number of rotatable bonds is 2. The summed E-state index contributed by atoms with van der Waals surface area (Å²) < 4.78 is 1.96. The topological polar surface area (TPSA) is 49.8 Å². The van der Waals surface area contributed by atoms with Crippen molar-refractivity contribution in [3.63, 3.8) is 0 Å². The van der Waals surface area contributed by atoms with Gasteiger partial charge in [0.15, 0.2) is 0 Å². The fraction of sp³-hybridized carbons (Fsp3) is 0.308. The Morgan fingerprint density at radius 2 is 2.12 bits per heavy atom. The molecule has 0 radical (unpaired) electrons. The molecule has 2 N–H and O–H groups in total. The second-order valence-electron chi connectivity index (χ2n) is 4.42. The van der Waals surface area contributed by atoms with E-state index < -0.39 is 0 Å². The molecule has 0 aliphatic heterocycles. The Bertz CT molecular complexity index is 556. The van der Waals surface area contributed by atoms with Crippen molar-refractivity contribution in [3.05, 3.63) is 58.3 Å². The molecule has 2 aromatic heterocycles. The molecular formula is C13H15N3O. The molecule has 1 unspecified atom stereocenters. The van der Waals surface area contributed by atoms with E-state index in [-0.39, 0.29) is 11.6 Å². The van der Waals surface area contributed by atoms with Gasteiger partial charge in [0.25, 0.3) is 0 Å². The van der Waals surface area contributed by atoms with Crippen LogP contribution in [-0.4, -0.2) is 9.66 Å². The number of hydrogen-bond donors (Lipinski definition) is 2. The van der Waals surface area contributed by atoms with Gasteiger partial charge in [0.2, 0.25) is 5.56 Å². The second kappa shape index (κ2) is 4.13. The summed E-state index contributed by atoms with van der Waals surface area (Å²) >= 11 is 0. The first-order chi connectivity index (χ1) is 8.33. The van der Waals surface area contributed by atoms with E-state index in [4.69, 9.17) is 0 Å². The molecule has 0 saturated heterocycles. The molecule has 1 atom stereocenters. The van der Waals surface area contributed by atoms with E-state index in [1.165, 1.54) is 5.56 Å². The molecule has 0 fully saturated rings. The number of fused-ring (bicyclic) bond motifs is 1. The number of nitrogens with one attached hydrogen (secondary N) is 2. The van der Waals surface area contributed by atoms with Gasteiger partial charge >= 0.3 is 0 Å². The number of pyridine rings is 1. The van der Waals surface area contributed by atoms with Gasteiger partial charge in [0.1, 0.15) is 0 Å². The Kier molecular flexibility index (Phi) is 2.48. The highest BCUT2D eigenvalue weighted by molar-refractivity contribution is 5.28. The molecule has 1 aliphatic carbocycles. The van der Waals surface area contributed by atoms with Gasteiger partial charge in [-0.3, -0.25) is 9.47 Å². The van der Waals surface area contributed by atoms with E-state index in [2.05, 4.69) is 10.4 Å². The molecule has 2 heterocycles. The highest BCUT2D eigenvalue weighted by atomic mass is 16.1. The van der Waals surface area contributed by atoms with E-state index in [1.54, 1.807) is 6.07 Å². The third kappa shape index (κ3) is 1.98. The van der Waals surface area contributed by atoms with Crippen LogP contribution < -0.4 is 11.0 Å². The lowest BCUT2D eigenvalue weighted by atomic mass is 9.92. The highest BCUT2D eigenvalue weighted by Gasteiger charge is 2.20. The van der Waals surface area contributed by atoms with Gasteiger partial charge in [-0.05, 0) is 43.0 Å². The van der Waals surface area contributed by atoms with Crippen LogP contribution in [0.5, 0.6) is 0 Å². The molecule has 2 aromatic rings. The maximum absolute atomic E-state index is 11.3. The molecule has 0 spiro atoms. The summed E-state index contributed by atoms with van der Waals surface area (Å²) in [5.41, 5.74) is 5.71. The molecule has 1 aliphatic rings. The fourth-order valence-electron chi connectivity index (χ4n) is 2.44. The van der Waals surface area contributed by atoms with Crippen molar-refractivity contribution in [3.8, 4) is 0 Å². The van der Waals surface area contributed by atoms with Crippen molar-refractivity contribution in [1.82, 2.24) is 9.66 Å². The van der Waals surface area contributed by atoms with Crippen molar-refractivity contribution in [2.75, 3.05) is 5.43 Å². The van der Waals surface area contributed by atoms with Crippen LogP contribution in [0.4, 0.5) is 0 Å². The Labute approximate surface area is 99.3 Å². The molecular weight excluding hydrogens is 214 g/mol. The van der Waals surface area contributed by atoms with Crippen LogP contribution in [0.1, 0.15) is 30.1 Å². The lowest BCUT2D eigenvalue weighted by Gasteiger charge is -2.27. The number of H-pyrrole nitrogens is 1. The normalized spacial score (nSPS) is 18.7. The molecule has 0 bridgehead atoms. The largest absolute Gasteiger partial charge is 0.326 e. The van der Waals surface area contributed by atoms with Gasteiger partial charge < -0.3 is 10.4 Å². The zero-order valence-corrected chi connectivity index (χ0v) is 9.52. The minimum atomic E-state index is -0.00892. The van der Waals surface area contributed by atoms with Crippen LogP contribution in [0.3, 0.4) is 0 Å². The van der Waals surface area contributed by atoms with Crippen LogP contribution in [0.25, 0.3) is 0 Å². The van der Waals surface area contributed by atoms with Crippen LogP contribution in [0.15, 0.2) is 41.5 Å². The molecule has 0 amide bonds. The number of aromatic amines is 1. The quantitative estimate of drug-likeness (QED) is 0.825. The zero-order valence-electron chi connectivity index (χ0n) is 9.52. The maximum atomic E-state index is 11.3. The van der Waals surface area contributed by atoms with Crippen molar-refractivity contribution >= 4 is 0 Å². The highest BCUT2D eigenvalue weighted by Crippen LogP contribution is 2.28. The summed E-state index contributed by atoms with van der Waals surface area (Å²) in [5.74, 6) is 0. The Morgan fingerprint density at radius 1 is 1.29 bits per heavy atom. The number of aryl methyl sites for hydroxylation is 1. The van der Waals surface area contributed by atoms with E-state index in [1.807, 2.05) is 35.3 Å². The first kappa shape index (κ1) is 10.2. The van der Waals surface area contributed by atoms with Crippen LogP contribution >= 0.6 is 0 Å². The monoisotopic (exact) mass is 229 g/mol. The lowest BCUT2D eigenvalue weighted by Crippen LogP contribution is -2.26. The van der Waals surface area contributed by atoms with Gasteiger partial charge in [0.05, 0.1) is 6.04 Å². The Hall–Kier alpha value is -1.97. The number of hydrogen-bond acceptors (Lipinski definition) is 2. The SMILES string of the molecule is O=c1ccc2c([nH]1)CCCC2Nn1cccc1. The van der Waals surface area contributed by atoms with Crippen molar-refractivity contribution in [2.45, 2.75) is 25.3 Å². The molecule has 88 valence electrons. The van der Waals surface area contributed by atoms with Crippen LogP contribution in [0.2, 0.25) is 0 Å². The summed E-state index contributed by atoms with van der Waals surface area (Å²) in [4.78, 5) is 14.2. The van der Waals surface area contributed by atoms with Gasteiger partial charge in [-0.1, -0.05) is 0 Å². The van der Waals surface area contributed by atoms with E-state index >= 15 is 0 Å². The van der Waals surface area contributed by atoms with E-state index in [9.17, 15) is 4.79 Å². The van der Waals surface area contributed by atoms with Crippen LogP contribution in [0, 0.1) is 0 Å². The van der Waals surface area contributed by atoms with E-state index in [0.29, 0.717) is 0 Å². The Morgan fingerprint density at radius 3 is 2.94 bits per heavy atom. The van der Waals surface area contributed by atoms with Gasteiger partial charge in [-0.15, -0.1) is 0 Å². The summed E-state index contributed by atoms with van der Waals surface area (Å²) in [5, 5.41) is 0. The predicted octanol–water partition coefficient (Wildman–Crippen LogP) is 1.80. The molecule has 4 heteroatoms. The first-order valence-corrected chi connectivity index (χ1v) is 5.94. The zero-order chi connectivity index (χ0) is 11.7. The number of aromatic nitrogens is 2. The second-order valence-corrected chi connectivity index (χ2v) is 4.42. The Balaban J connectivity index is 1.91. The van der Waals surface area contributed by atoms with Crippen molar-refractivity contribution in [2.24, 2.45) is 0 Å². The smallest absolute Gasteiger partial charge is 0.248 e. The van der Waals surface area contributed by atoms with Crippen molar-refractivity contribution < 1.29 is 0 Å². The van der Waals surface area contributed by atoms with Gasteiger partial charge in [-0.25, -0.2) is 0 Å². The third-order valence-corrected chi connectivity index (χ3v) is 3.24. The fourth-order valence-corrected chi connectivity index (χ4v) is 2.44. The molecule has 3 rings (SSSR count). The minimum Gasteiger partial charge on any atom is -0.326 e. The average Bonchev–Trinajstić information content (AvgIpc) is 2.82. The van der Waals surface area contributed by atoms with Gasteiger partial charge in [-0.2, -0.15) is 0 Å². The summed E-state index contributed by atoms with van der Waals surface area (Å²) in [6.45, 7) is 0.